The first-order valence-electron chi connectivity index (χ1n) is 6.98. The van der Waals surface area contributed by atoms with Crippen LogP contribution in [0.4, 0.5) is 5.69 Å². The number of carbonyl (C=O) groups is 1. The molecule has 5 nitrogen and oxygen atoms in total. The molecule has 0 unspecified atom stereocenters. The molecule has 112 valence electrons. The molecule has 0 aliphatic heterocycles. The van der Waals surface area contributed by atoms with Crippen LogP contribution in [0.2, 0.25) is 0 Å². The van der Waals surface area contributed by atoms with Gasteiger partial charge in [0.25, 0.3) is 0 Å². The minimum Gasteiger partial charge on any atom is -0.491 e. The van der Waals surface area contributed by atoms with Crippen LogP contribution in [0.5, 0.6) is 5.75 Å². The molecule has 0 aromatic heterocycles. The standard InChI is InChI=1S/C15H24N2O3/c1-3-4-8-16-12-15(18)17-13-6-5-7-14(11-13)20-10-9-19-2/h5-7,11,16H,3-4,8-10,12H2,1-2H3,(H,17,18). The summed E-state index contributed by atoms with van der Waals surface area (Å²) in [5.74, 6) is 0.675. The first kappa shape index (κ1) is 16.5. The van der Waals surface area contributed by atoms with Crippen LogP contribution in [0.3, 0.4) is 0 Å². The second-order valence-electron chi connectivity index (χ2n) is 4.45. The zero-order valence-corrected chi connectivity index (χ0v) is 12.3. The van der Waals surface area contributed by atoms with Crippen LogP contribution in [-0.2, 0) is 9.53 Å². The van der Waals surface area contributed by atoms with E-state index in [1.807, 2.05) is 18.2 Å². The van der Waals surface area contributed by atoms with Crippen molar-refractivity contribution in [2.24, 2.45) is 0 Å². The average Bonchev–Trinajstić information content (AvgIpc) is 2.44. The molecule has 1 aromatic rings. The lowest BCUT2D eigenvalue weighted by Gasteiger charge is -2.09. The molecule has 5 heteroatoms. The monoisotopic (exact) mass is 280 g/mol. The number of amides is 1. The Labute approximate surface area is 120 Å². The third-order valence-electron chi connectivity index (χ3n) is 2.67. The van der Waals surface area contributed by atoms with Crippen molar-refractivity contribution < 1.29 is 14.3 Å². The van der Waals surface area contributed by atoms with Crippen molar-refractivity contribution in [1.82, 2.24) is 5.32 Å². The molecule has 1 rings (SSSR count). The number of rotatable bonds is 10. The summed E-state index contributed by atoms with van der Waals surface area (Å²) in [5.41, 5.74) is 0.738. The molecule has 0 heterocycles. The van der Waals surface area contributed by atoms with E-state index in [9.17, 15) is 4.79 Å². The largest absolute Gasteiger partial charge is 0.491 e. The van der Waals surface area contributed by atoms with Gasteiger partial charge >= 0.3 is 0 Å². The number of carbonyl (C=O) groups excluding carboxylic acids is 1. The van der Waals surface area contributed by atoms with Crippen molar-refractivity contribution in [3.05, 3.63) is 24.3 Å². The fourth-order valence-electron chi connectivity index (χ4n) is 1.62. The summed E-state index contributed by atoms with van der Waals surface area (Å²) in [6.07, 6.45) is 2.20. The Bertz CT molecular complexity index is 396. The second-order valence-corrected chi connectivity index (χ2v) is 4.45. The highest BCUT2D eigenvalue weighted by molar-refractivity contribution is 5.92. The topological polar surface area (TPSA) is 59.6 Å². The van der Waals surface area contributed by atoms with E-state index in [4.69, 9.17) is 9.47 Å². The van der Waals surface area contributed by atoms with Crippen molar-refractivity contribution >= 4 is 11.6 Å². The second kappa shape index (κ2) is 10.2. The maximum Gasteiger partial charge on any atom is 0.238 e. The van der Waals surface area contributed by atoms with Gasteiger partial charge in [-0.3, -0.25) is 4.79 Å². The van der Waals surface area contributed by atoms with Gasteiger partial charge in [-0.15, -0.1) is 0 Å². The Balaban J connectivity index is 2.35. The minimum atomic E-state index is -0.0462. The van der Waals surface area contributed by atoms with Gasteiger partial charge in [0.15, 0.2) is 0 Å². The Morgan fingerprint density at radius 2 is 2.15 bits per heavy atom. The van der Waals surface area contributed by atoms with Crippen molar-refractivity contribution in [3.8, 4) is 5.75 Å². The minimum absolute atomic E-state index is 0.0462. The van der Waals surface area contributed by atoms with Crippen molar-refractivity contribution in [2.45, 2.75) is 19.8 Å². The molecule has 0 saturated heterocycles. The van der Waals surface area contributed by atoms with Crippen molar-refractivity contribution in [3.63, 3.8) is 0 Å². The number of unbranched alkanes of at least 4 members (excludes halogenated alkanes) is 1. The maximum absolute atomic E-state index is 11.7. The fourth-order valence-corrected chi connectivity index (χ4v) is 1.62. The zero-order chi connectivity index (χ0) is 14.6. The first-order valence-corrected chi connectivity index (χ1v) is 6.98. The molecule has 20 heavy (non-hydrogen) atoms. The Morgan fingerprint density at radius 1 is 1.30 bits per heavy atom. The first-order chi connectivity index (χ1) is 9.76. The van der Waals surface area contributed by atoms with Gasteiger partial charge in [0.2, 0.25) is 5.91 Å². The predicted molar refractivity (Wildman–Crippen MR) is 80.2 cm³/mol. The molecule has 0 bridgehead atoms. The van der Waals surface area contributed by atoms with Gasteiger partial charge in [-0.05, 0) is 25.1 Å². The Kier molecular flexibility index (Phi) is 8.42. The van der Waals surface area contributed by atoms with Gasteiger partial charge < -0.3 is 20.1 Å². The van der Waals surface area contributed by atoms with Gasteiger partial charge in [0, 0.05) is 18.9 Å². The third-order valence-corrected chi connectivity index (χ3v) is 2.67. The number of ether oxygens (including phenoxy) is 2. The summed E-state index contributed by atoms with van der Waals surface area (Å²) in [5, 5.41) is 5.94. The SMILES string of the molecule is CCCCNCC(=O)Nc1cccc(OCCOC)c1. The van der Waals surface area contributed by atoms with Gasteiger partial charge in [0.05, 0.1) is 13.2 Å². The molecule has 0 radical (unpaired) electrons. The molecule has 1 amide bonds. The van der Waals surface area contributed by atoms with Crippen LogP contribution in [0.25, 0.3) is 0 Å². The summed E-state index contributed by atoms with van der Waals surface area (Å²) >= 11 is 0. The highest BCUT2D eigenvalue weighted by atomic mass is 16.5. The zero-order valence-electron chi connectivity index (χ0n) is 12.3. The Morgan fingerprint density at radius 3 is 2.90 bits per heavy atom. The molecule has 2 N–H and O–H groups in total. The van der Waals surface area contributed by atoms with Crippen LogP contribution >= 0.6 is 0 Å². The lowest BCUT2D eigenvalue weighted by Crippen LogP contribution is -2.28. The van der Waals surface area contributed by atoms with Gasteiger partial charge in [-0.2, -0.15) is 0 Å². The molecule has 0 aliphatic carbocycles. The summed E-state index contributed by atoms with van der Waals surface area (Å²) in [6.45, 7) is 4.35. The number of methoxy groups -OCH3 is 1. The number of hydrogen-bond acceptors (Lipinski definition) is 4. The molecular weight excluding hydrogens is 256 g/mol. The number of hydrogen-bond donors (Lipinski definition) is 2. The van der Waals surface area contributed by atoms with E-state index in [0.29, 0.717) is 19.8 Å². The molecule has 0 fully saturated rings. The van der Waals surface area contributed by atoms with E-state index in [0.717, 1.165) is 30.8 Å². The van der Waals surface area contributed by atoms with E-state index in [1.54, 1.807) is 13.2 Å². The molecule has 1 aromatic carbocycles. The quantitative estimate of drug-likeness (QED) is 0.644. The summed E-state index contributed by atoms with van der Waals surface area (Å²) in [7, 11) is 1.63. The van der Waals surface area contributed by atoms with Crippen LogP contribution < -0.4 is 15.4 Å². The maximum atomic E-state index is 11.7. The molecule has 0 saturated carbocycles. The van der Waals surface area contributed by atoms with E-state index in [1.165, 1.54) is 0 Å². The fraction of sp³-hybridized carbons (Fsp3) is 0.533. The molecule has 0 spiro atoms. The van der Waals surface area contributed by atoms with Crippen molar-refractivity contribution in [2.75, 3.05) is 38.7 Å². The lowest BCUT2D eigenvalue weighted by molar-refractivity contribution is -0.115. The Hall–Kier alpha value is -1.59. The van der Waals surface area contributed by atoms with Crippen LogP contribution in [0.1, 0.15) is 19.8 Å². The number of benzene rings is 1. The normalized spacial score (nSPS) is 10.3. The lowest BCUT2D eigenvalue weighted by atomic mass is 10.3. The van der Waals surface area contributed by atoms with Gasteiger partial charge in [-0.25, -0.2) is 0 Å². The molecule has 0 aliphatic rings. The van der Waals surface area contributed by atoms with Crippen LogP contribution in [0, 0.1) is 0 Å². The van der Waals surface area contributed by atoms with Crippen LogP contribution in [-0.4, -0.2) is 39.3 Å². The highest BCUT2D eigenvalue weighted by Gasteiger charge is 2.02. The van der Waals surface area contributed by atoms with E-state index in [-0.39, 0.29) is 5.91 Å². The third kappa shape index (κ3) is 7.11. The summed E-state index contributed by atoms with van der Waals surface area (Å²) < 4.78 is 10.4. The van der Waals surface area contributed by atoms with Gasteiger partial charge in [0.1, 0.15) is 12.4 Å². The van der Waals surface area contributed by atoms with Gasteiger partial charge in [-0.1, -0.05) is 19.4 Å². The van der Waals surface area contributed by atoms with Crippen LogP contribution in [0.15, 0.2) is 24.3 Å². The number of nitrogens with one attached hydrogen (secondary N) is 2. The molecular formula is C15H24N2O3. The van der Waals surface area contributed by atoms with E-state index < -0.39 is 0 Å². The summed E-state index contributed by atoms with van der Waals surface area (Å²) in [4.78, 5) is 11.7. The number of anilines is 1. The highest BCUT2D eigenvalue weighted by Crippen LogP contribution is 2.17. The van der Waals surface area contributed by atoms with E-state index >= 15 is 0 Å². The van der Waals surface area contributed by atoms with E-state index in [2.05, 4.69) is 17.6 Å². The smallest absolute Gasteiger partial charge is 0.238 e. The molecule has 0 atom stereocenters. The average molecular weight is 280 g/mol. The summed E-state index contributed by atoms with van der Waals surface area (Å²) in [6, 6.07) is 7.35. The predicted octanol–water partition coefficient (Wildman–Crippen LogP) is 2.04. The van der Waals surface area contributed by atoms with Crippen molar-refractivity contribution in [1.29, 1.82) is 0 Å².